The molecule has 1 atom stereocenters. The van der Waals surface area contributed by atoms with Gasteiger partial charge >= 0.3 is 0 Å². The fraction of sp³-hybridized carbons (Fsp3) is 0.286. The molecule has 2 heteroatoms. The van der Waals surface area contributed by atoms with Crippen LogP contribution in [0.15, 0.2) is 42.5 Å². The van der Waals surface area contributed by atoms with Crippen LogP contribution < -0.4 is 0 Å². The van der Waals surface area contributed by atoms with Crippen molar-refractivity contribution in [3.63, 3.8) is 0 Å². The molecule has 1 heterocycles. The molecule has 0 radical (unpaired) electrons. The zero-order valence-electron chi connectivity index (χ0n) is 13.9. The fourth-order valence-electron chi connectivity index (χ4n) is 3.10. The van der Waals surface area contributed by atoms with Gasteiger partial charge in [0.25, 0.3) is 0 Å². The van der Waals surface area contributed by atoms with Crippen molar-refractivity contribution >= 4 is 5.78 Å². The fourth-order valence-corrected chi connectivity index (χ4v) is 3.10. The normalized spacial score (nSPS) is 16.6. The summed E-state index contributed by atoms with van der Waals surface area (Å²) in [5.74, 6) is 6.49. The molecular weight excluding hydrogens is 282 g/mol. The van der Waals surface area contributed by atoms with Crippen LogP contribution in [0.1, 0.15) is 59.4 Å². The van der Waals surface area contributed by atoms with Crippen LogP contribution >= 0.6 is 0 Å². The van der Waals surface area contributed by atoms with Crippen LogP contribution in [0.4, 0.5) is 0 Å². The predicted molar refractivity (Wildman–Crippen MR) is 93.4 cm³/mol. The van der Waals surface area contributed by atoms with Gasteiger partial charge in [0.15, 0.2) is 5.78 Å². The molecule has 2 aromatic rings. The summed E-state index contributed by atoms with van der Waals surface area (Å²) in [6, 6.07) is 14.5. The van der Waals surface area contributed by atoms with E-state index in [4.69, 9.17) is 0 Å². The Balaban J connectivity index is 1.82. The zero-order chi connectivity index (χ0) is 16.4. The minimum Gasteiger partial charge on any atom is -0.295 e. The van der Waals surface area contributed by atoms with E-state index in [9.17, 15) is 4.79 Å². The standard InChI is InChI=1S/C21H21NO/c1-4-22-14-20-13-18(9-12-21(20)15(22)2)6-5-17-7-10-19(11-8-17)16(3)23/h7-13,15H,4,14H2,1-3H3. The Morgan fingerprint density at radius 3 is 2.43 bits per heavy atom. The molecule has 0 fully saturated rings. The molecular formula is C21H21NO. The molecule has 0 saturated heterocycles. The number of Topliss-reactive ketones (excluding diaryl/α,β-unsaturated/α-hetero) is 1. The van der Waals surface area contributed by atoms with E-state index in [0.717, 1.165) is 29.8 Å². The highest BCUT2D eigenvalue weighted by Gasteiger charge is 2.24. The minimum absolute atomic E-state index is 0.0812. The van der Waals surface area contributed by atoms with Crippen molar-refractivity contribution < 1.29 is 4.79 Å². The third kappa shape index (κ3) is 3.21. The van der Waals surface area contributed by atoms with E-state index in [-0.39, 0.29) is 5.78 Å². The largest absolute Gasteiger partial charge is 0.295 e. The molecule has 0 saturated carbocycles. The van der Waals surface area contributed by atoms with Gasteiger partial charge in [-0.2, -0.15) is 0 Å². The van der Waals surface area contributed by atoms with E-state index >= 15 is 0 Å². The molecule has 23 heavy (non-hydrogen) atoms. The number of carbonyl (C=O) groups excluding carboxylic acids is 1. The average Bonchev–Trinajstić information content (AvgIpc) is 2.89. The first kappa shape index (κ1) is 15.5. The SMILES string of the molecule is CCN1Cc2cc(C#Cc3ccc(C(C)=O)cc3)ccc2C1C. The Hall–Kier alpha value is -2.37. The maximum absolute atomic E-state index is 11.3. The average molecular weight is 303 g/mol. The molecule has 0 amide bonds. The second-order valence-electron chi connectivity index (χ2n) is 6.04. The number of nitrogens with zero attached hydrogens (tertiary/aromatic N) is 1. The number of fused-ring (bicyclic) bond motifs is 1. The molecule has 0 bridgehead atoms. The lowest BCUT2D eigenvalue weighted by molar-refractivity contribution is 0.101. The third-order valence-corrected chi connectivity index (χ3v) is 4.56. The van der Waals surface area contributed by atoms with E-state index < -0.39 is 0 Å². The van der Waals surface area contributed by atoms with Crippen LogP contribution in [0, 0.1) is 11.8 Å². The van der Waals surface area contributed by atoms with Gasteiger partial charge in [0, 0.05) is 29.3 Å². The first-order valence-corrected chi connectivity index (χ1v) is 8.08. The third-order valence-electron chi connectivity index (χ3n) is 4.56. The number of benzene rings is 2. The predicted octanol–water partition coefficient (Wildman–Crippen LogP) is 4.19. The first-order valence-electron chi connectivity index (χ1n) is 8.08. The van der Waals surface area contributed by atoms with Gasteiger partial charge in [0.05, 0.1) is 0 Å². The van der Waals surface area contributed by atoms with Crippen molar-refractivity contribution in [2.45, 2.75) is 33.4 Å². The van der Waals surface area contributed by atoms with Crippen molar-refractivity contribution in [2.75, 3.05) is 6.54 Å². The quantitative estimate of drug-likeness (QED) is 0.612. The molecule has 3 rings (SSSR count). The molecule has 116 valence electrons. The molecule has 1 unspecified atom stereocenters. The minimum atomic E-state index is 0.0812. The summed E-state index contributed by atoms with van der Waals surface area (Å²) in [5.41, 5.74) is 5.51. The van der Waals surface area contributed by atoms with Crippen molar-refractivity contribution in [1.29, 1.82) is 0 Å². The van der Waals surface area contributed by atoms with Crippen LogP contribution in [0.3, 0.4) is 0 Å². The van der Waals surface area contributed by atoms with Crippen LogP contribution in [0.5, 0.6) is 0 Å². The lowest BCUT2D eigenvalue weighted by Gasteiger charge is -2.18. The highest BCUT2D eigenvalue weighted by molar-refractivity contribution is 5.94. The van der Waals surface area contributed by atoms with E-state index in [2.05, 4.69) is 48.8 Å². The van der Waals surface area contributed by atoms with Crippen molar-refractivity contribution in [3.05, 3.63) is 70.3 Å². The molecule has 0 spiro atoms. The number of hydrogen-bond acceptors (Lipinski definition) is 2. The van der Waals surface area contributed by atoms with Crippen LogP contribution in [-0.2, 0) is 6.54 Å². The summed E-state index contributed by atoms with van der Waals surface area (Å²) in [4.78, 5) is 13.7. The number of ketones is 1. The van der Waals surface area contributed by atoms with Gasteiger partial charge in [-0.3, -0.25) is 9.69 Å². The van der Waals surface area contributed by atoms with Gasteiger partial charge in [0.1, 0.15) is 0 Å². The van der Waals surface area contributed by atoms with Crippen LogP contribution in [0.2, 0.25) is 0 Å². The lowest BCUT2D eigenvalue weighted by atomic mass is 10.0. The summed E-state index contributed by atoms with van der Waals surface area (Å²) in [6.45, 7) is 8.12. The van der Waals surface area contributed by atoms with E-state index in [1.165, 1.54) is 11.1 Å². The summed E-state index contributed by atoms with van der Waals surface area (Å²) in [6.07, 6.45) is 0. The zero-order valence-corrected chi connectivity index (χ0v) is 13.9. The van der Waals surface area contributed by atoms with Crippen molar-refractivity contribution in [1.82, 2.24) is 4.90 Å². The smallest absolute Gasteiger partial charge is 0.159 e. The van der Waals surface area contributed by atoms with Gasteiger partial charge in [-0.05, 0) is 55.8 Å². The molecule has 0 aromatic heterocycles. The van der Waals surface area contributed by atoms with E-state index in [1.54, 1.807) is 6.92 Å². The molecule has 1 aliphatic rings. The van der Waals surface area contributed by atoms with Gasteiger partial charge in [-0.15, -0.1) is 0 Å². The maximum Gasteiger partial charge on any atom is 0.159 e. The molecule has 2 aromatic carbocycles. The highest BCUT2D eigenvalue weighted by Crippen LogP contribution is 2.33. The molecule has 0 aliphatic carbocycles. The van der Waals surface area contributed by atoms with Crippen molar-refractivity contribution in [2.24, 2.45) is 0 Å². The Bertz CT molecular complexity index is 793. The Kier molecular flexibility index (Phi) is 4.32. The van der Waals surface area contributed by atoms with E-state index in [1.807, 2.05) is 24.3 Å². The summed E-state index contributed by atoms with van der Waals surface area (Å²) >= 11 is 0. The summed E-state index contributed by atoms with van der Waals surface area (Å²) in [7, 11) is 0. The van der Waals surface area contributed by atoms with Gasteiger partial charge in [-0.25, -0.2) is 0 Å². The Morgan fingerprint density at radius 2 is 1.78 bits per heavy atom. The topological polar surface area (TPSA) is 20.3 Å². The monoisotopic (exact) mass is 303 g/mol. The van der Waals surface area contributed by atoms with Gasteiger partial charge in [-0.1, -0.05) is 37.0 Å². The number of carbonyl (C=O) groups is 1. The van der Waals surface area contributed by atoms with Gasteiger partial charge in [0.2, 0.25) is 0 Å². The maximum atomic E-state index is 11.3. The molecule has 0 N–H and O–H groups in total. The second-order valence-corrected chi connectivity index (χ2v) is 6.04. The number of hydrogen-bond donors (Lipinski definition) is 0. The Labute approximate surface area is 138 Å². The van der Waals surface area contributed by atoms with E-state index in [0.29, 0.717) is 6.04 Å². The molecule has 2 nitrogen and oxygen atoms in total. The van der Waals surface area contributed by atoms with Crippen LogP contribution in [-0.4, -0.2) is 17.2 Å². The highest BCUT2D eigenvalue weighted by atomic mass is 16.1. The summed E-state index contributed by atoms with van der Waals surface area (Å²) in [5, 5.41) is 0. The Morgan fingerprint density at radius 1 is 1.13 bits per heavy atom. The van der Waals surface area contributed by atoms with Crippen molar-refractivity contribution in [3.8, 4) is 11.8 Å². The van der Waals surface area contributed by atoms with Gasteiger partial charge < -0.3 is 0 Å². The lowest BCUT2D eigenvalue weighted by Crippen LogP contribution is -2.18. The summed E-state index contributed by atoms with van der Waals surface area (Å²) < 4.78 is 0. The number of rotatable bonds is 2. The first-order chi connectivity index (χ1) is 11.1. The molecule has 1 aliphatic heterocycles. The second kappa shape index (κ2) is 6.40. The van der Waals surface area contributed by atoms with Crippen LogP contribution in [0.25, 0.3) is 0 Å².